The maximum Gasteiger partial charge on any atom is 0.205 e. The molecule has 1 unspecified atom stereocenters. The highest BCUT2D eigenvalue weighted by atomic mass is 16.5. The molecule has 1 aromatic carbocycles. The average Bonchev–Trinajstić information content (AvgIpc) is 2.38. The Hall–Kier alpha value is -2.27. The van der Waals surface area contributed by atoms with Gasteiger partial charge in [-0.05, 0) is 17.4 Å². The fraction of sp³-hybridized carbons (Fsp3) is 0.0714. The van der Waals surface area contributed by atoms with Crippen LogP contribution in [0, 0.1) is 11.3 Å². The van der Waals surface area contributed by atoms with Crippen molar-refractivity contribution in [1.29, 1.82) is 5.26 Å². The molecule has 3 rings (SSSR count). The number of fused-ring (bicyclic) bond motifs is 2. The fourth-order valence-corrected chi connectivity index (χ4v) is 2.08. The fourth-order valence-electron chi connectivity index (χ4n) is 2.08. The van der Waals surface area contributed by atoms with E-state index in [1.807, 2.05) is 48.6 Å². The molecule has 2 nitrogen and oxygen atoms in total. The summed E-state index contributed by atoms with van der Waals surface area (Å²) in [5.74, 6) is 0.407. The number of benzene rings is 1. The van der Waals surface area contributed by atoms with Crippen LogP contribution in [0.3, 0.4) is 0 Å². The molecule has 1 atom stereocenters. The van der Waals surface area contributed by atoms with Gasteiger partial charge in [0.2, 0.25) is 5.76 Å². The van der Waals surface area contributed by atoms with Crippen LogP contribution in [0.25, 0.3) is 11.3 Å². The van der Waals surface area contributed by atoms with E-state index in [-0.39, 0.29) is 6.10 Å². The molecule has 0 radical (unpaired) electrons. The van der Waals surface area contributed by atoms with Crippen LogP contribution < -0.4 is 10.4 Å². The second kappa shape index (κ2) is 3.39. The number of rotatable bonds is 0. The number of ether oxygens (including phenoxy) is 1. The summed E-state index contributed by atoms with van der Waals surface area (Å²) in [4.78, 5) is 0. The minimum absolute atomic E-state index is 0.116. The zero-order valence-electron chi connectivity index (χ0n) is 8.55. The second-order valence-electron chi connectivity index (χ2n) is 3.72. The molecule has 1 aliphatic heterocycles. The van der Waals surface area contributed by atoms with E-state index in [2.05, 4.69) is 6.07 Å². The normalized spacial score (nSPS) is 20.8. The van der Waals surface area contributed by atoms with Gasteiger partial charge in [-0.1, -0.05) is 36.4 Å². The van der Waals surface area contributed by atoms with Crippen molar-refractivity contribution in [3.05, 3.63) is 59.0 Å². The third-order valence-corrected chi connectivity index (χ3v) is 2.81. The van der Waals surface area contributed by atoms with Crippen molar-refractivity contribution in [3.8, 4) is 6.07 Å². The van der Waals surface area contributed by atoms with Crippen molar-refractivity contribution in [2.24, 2.45) is 0 Å². The van der Waals surface area contributed by atoms with Gasteiger partial charge in [0, 0.05) is 10.8 Å². The maximum atomic E-state index is 9.06. The molecule has 0 bridgehead atoms. The maximum absolute atomic E-state index is 9.06. The Kier molecular flexibility index (Phi) is 1.91. The average molecular weight is 207 g/mol. The molecular formula is C14H9NO. The molecule has 0 spiro atoms. The Bertz CT molecular complexity index is 659. The van der Waals surface area contributed by atoms with Gasteiger partial charge in [-0.2, -0.15) is 5.26 Å². The van der Waals surface area contributed by atoms with Crippen molar-refractivity contribution in [1.82, 2.24) is 0 Å². The first kappa shape index (κ1) is 8.99. The lowest BCUT2D eigenvalue weighted by Crippen LogP contribution is -2.37. The largest absolute Gasteiger partial charge is 0.471 e. The van der Waals surface area contributed by atoms with Crippen LogP contribution in [0.1, 0.15) is 0 Å². The van der Waals surface area contributed by atoms with Crippen LogP contribution in [-0.2, 0) is 4.74 Å². The number of nitriles is 1. The molecule has 1 heterocycles. The van der Waals surface area contributed by atoms with Gasteiger partial charge in [-0.25, -0.2) is 0 Å². The predicted octanol–water partition coefficient (Wildman–Crippen LogP) is 0.994. The minimum Gasteiger partial charge on any atom is -0.471 e. The Labute approximate surface area is 93.1 Å². The Morgan fingerprint density at radius 3 is 2.75 bits per heavy atom. The van der Waals surface area contributed by atoms with E-state index in [9.17, 15) is 0 Å². The van der Waals surface area contributed by atoms with Crippen LogP contribution in [0.15, 0.2) is 48.6 Å². The van der Waals surface area contributed by atoms with E-state index in [0.29, 0.717) is 5.76 Å². The molecule has 76 valence electrons. The summed E-state index contributed by atoms with van der Waals surface area (Å²) < 4.78 is 5.65. The van der Waals surface area contributed by atoms with Gasteiger partial charge in [0.25, 0.3) is 0 Å². The van der Waals surface area contributed by atoms with E-state index >= 15 is 0 Å². The lowest BCUT2D eigenvalue weighted by atomic mass is 9.98. The zero-order chi connectivity index (χ0) is 11.0. The molecule has 0 amide bonds. The van der Waals surface area contributed by atoms with Gasteiger partial charge in [-0.3, -0.25) is 0 Å². The molecule has 16 heavy (non-hydrogen) atoms. The first-order chi connectivity index (χ1) is 7.90. The van der Waals surface area contributed by atoms with E-state index in [0.717, 1.165) is 16.0 Å². The molecule has 1 aromatic rings. The summed E-state index contributed by atoms with van der Waals surface area (Å²) in [7, 11) is 0. The lowest BCUT2D eigenvalue weighted by molar-refractivity contribution is 0.260. The number of nitrogens with zero attached hydrogens (tertiary/aromatic N) is 1. The van der Waals surface area contributed by atoms with Crippen molar-refractivity contribution in [2.45, 2.75) is 6.10 Å². The van der Waals surface area contributed by atoms with E-state index in [1.54, 1.807) is 0 Å². The molecular weight excluding hydrogens is 198 g/mol. The third-order valence-electron chi connectivity index (χ3n) is 2.81. The third kappa shape index (κ3) is 1.19. The van der Waals surface area contributed by atoms with E-state index in [1.165, 1.54) is 0 Å². The lowest BCUT2D eigenvalue weighted by Gasteiger charge is -2.22. The molecule has 2 aliphatic rings. The second-order valence-corrected chi connectivity index (χ2v) is 3.72. The van der Waals surface area contributed by atoms with Gasteiger partial charge < -0.3 is 4.74 Å². The van der Waals surface area contributed by atoms with Crippen molar-refractivity contribution >= 4 is 11.3 Å². The topological polar surface area (TPSA) is 33.0 Å². The summed E-state index contributed by atoms with van der Waals surface area (Å²) in [6.45, 7) is 0. The Morgan fingerprint density at radius 1 is 1.12 bits per heavy atom. The smallest absolute Gasteiger partial charge is 0.205 e. The van der Waals surface area contributed by atoms with Gasteiger partial charge in [0.15, 0.2) is 0 Å². The summed E-state index contributed by atoms with van der Waals surface area (Å²) in [5, 5.41) is 11.0. The zero-order valence-corrected chi connectivity index (χ0v) is 8.55. The van der Waals surface area contributed by atoms with Crippen molar-refractivity contribution in [3.63, 3.8) is 0 Å². The highest BCUT2D eigenvalue weighted by Gasteiger charge is 2.20. The van der Waals surface area contributed by atoms with E-state index < -0.39 is 0 Å². The van der Waals surface area contributed by atoms with Gasteiger partial charge in [-0.15, -0.1) is 0 Å². The number of hydrogen-bond acceptors (Lipinski definition) is 2. The van der Waals surface area contributed by atoms with Crippen LogP contribution in [-0.4, -0.2) is 6.10 Å². The molecule has 0 saturated heterocycles. The first-order valence-electron chi connectivity index (χ1n) is 5.15. The summed E-state index contributed by atoms with van der Waals surface area (Å²) >= 11 is 0. The summed E-state index contributed by atoms with van der Waals surface area (Å²) in [5.41, 5.74) is 1.12. The molecule has 0 aromatic heterocycles. The van der Waals surface area contributed by atoms with Crippen molar-refractivity contribution in [2.75, 3.05) is 0 Å². The van der Waals surface area contributed by atoms with E-state index in [4.69, 9.17) is 10.00 Å². The van der Waals surface area contributed by atoms with Crippen LogP contribution >= 0.6 is 0 Å². The summed E-state index contributed by atoms with van der Waals surface area (Å²) in [6.07, 6.45) is 7.82. The monoisotopic (exact) mass is 207 g/mol. The van der Waals surface area contributed by atoms with Crippen LogP contribution in [0.5, 0.6) is 0 Å². The Morgan fingerprint density at radius 2 is 1.94 bits per heavy atom. The quantitative estimate of drug-likeness (QED) is 0.635. The van der Waals surface area contributed by atoms with Crippen LogP contribution in [0.2, 0.25) is 0 Å². The minimum atomic E-state index is -0.116. The standard InChI is InChI=1S/C14H9NO/c15-9-14-12-7-2-1-5-10(12)11-6-3-4-8-13(11)16-14/h1-8,13H. The van der Waals surface area contributed by atoms with Crippen LogP contribution in [0.4, 0.5) is 0 Å². The predicted molar refractivity (Wildman–Crippen MR) is 61.3 cm³/mol. The molecule has 2 heteroatoms. The molecule has 1 aliphatic carbocycles. The highest BCUT2D eigenvalue weighted by molar-refractivity contribution is 5.71. The van der Waals surface area contributed by atoms with Crippen molar-refractivity contribution < 1.29 is 4.74 Å². The molecule has 0 N–H and O–H groups in total. The Balaban J connectivity index is 2.47. The summed E-state index contributed by atoms with van der Waals surface area (Å²) in [6, 6.07) is 9.97. The number of hydrogen-bond donors (Lipinski definition) is 0. The van der Waals surface area contributed by atoms with Gasteiger partial charge in [0.05, 0.1) is 0 Å². The highest BCUT2D eigenvalue weighted by Crippen LogP contribution is 2.19. The van der Waals surface area contributed by atoms with Gasteiger partial charge >= 0.3 is 0 Å². The molecule has 0 fully saturated rings. The number of allylic oxidation sites excluding steroid dienone is 2. The first-order valence-corrected chi connectivity index (χ1v) is 5.15. The van der Waals surface area contributed by atoms with Gasteiger partial charge in [0.1, 0.15) is 12.2 Å². The molecule has 0 saturated carbocycles. The SMILES string of the molecule is N#CC1=c2ccccc2=C2C=CC=CC2O1.